The van der Waals surface area contributed by atoms with Crippen LogP contribution in [-0.4, -0.2) is 37.1 Å². The smallest absolute Gasteiger partial charge is 0.256 e. The fourth-order valence-electron chi connectivity index (χ4n) is 4.94. The lowest BCUT2D eigenvalue weighted by Gasteiger charge is -2.22. The molecule has 0 bridgehead atoms. The lowest BCUT2D eigenvalue weighted by Crippen LogP contribution is -2.23. The number of aromatic nitrogens is 4. The minimum atomic E-state index is -0.132. The monoisotopic (exact) mass is 436 g/mol. The minimum Gasteiger partial charge on any atom is -0.322 e. The van der Waals surface area contributed by atoms with Gasteiger partial charge in [-0.2, -0.15) is 10.4 Å². The summed E-state index contributed by atoms with van der Waals surface area (Å²) in [6, 6.07) is 7.50. The van der Waals surface area contributed by atoms with Gasteiger partial charge in [0.05, 0.1) is 36.2 Å². The van der Waals surface area contributed by atoms with E-state index in [1.807, 2.05) is 23.1 Å². The molecule has 7 nitrogen and oxygen atoms in total. The van der Waals surface area contributed by atoms with Crippen LogP contribution < -0.4 is 0 Å². The van der Waals surface area contributed by atoms with Crippen LogP contribution in [-0.2, 0) is 13.1 Å². The Morgan fingerprint density at radius 3 is 2.76 bits per heavy atom. The normalized spacial score (nSPS) is 16.5. The van der Waals surface area contributed by atoms with Crippen LogP contribution in [0.25, 0.3) is 22.4 Å². The first kappa shape index (κ1) is 20.9. The first-order valence-electron chi connectivity index (χ1n) is 11.2. The Hall–Kier alpha value is -3.97. The summed E-state index contributed by atoms with van der Waals surface area (Å²) in [6.45, 7) is 3.86. The van der Waals surface area contributed by atoms with Crippen molar-refractivity contribution in [3.05, 3.63) is 53.7 Å². The van der Waals surface area contributed by atoms with E-state index in [0.717, 1.165) is 17.7 Å². The van der Waals surface area contributed by atoms with E-state index in [2.05, 4.69) is 34.0 Å². The summed E-state index contributed by atoms with van der Waals surface area (Å²) in [6.07, 6.45) is 16.0. The molecule has 1 aliphatic carbocycles. The molecule has 0 radical (unpaired) electrons. The van der Waals surface area contributed by atoms with Crippen LogP contribution in [0.5, 0.6) is 0 Å². The van der Waals surface area contributed by atoms with Gasteiger partial charge in [-0.05, 0) is 36.5 Å². The van der Waals surface area contributed by atoms with E-state index in [0.29, 0.717) is 34.8 Å². The molecular formula is C26H24N6O. The zero-order valence-corrected chi connectivity index (χ0v) is 18.6. The summed E-state index contributed by atoms with van der Waals surface area (Å²) >= 11 is 0. The summed E-state index contributed by atoms with van der Waals surface area (Å²) in [5.74, 6) is 2.39. The molecule has 0 spiro atoms. The number of carbonyl (C=O) groups is 1. The Kier molecular flexibility index (Phi) is 5.18. The number of terminal acetylenes is 1. The third kappa shape index (κ3) is 3.87. The van der Waals surface area contributed by atoms with Gasteiger partial charge in [0.25, 0.3) is 5.91 Å². The number of hydrogen-bond acceptors (Lipinski definition) is 5. The van der Waals surface area contributed by atoms with Gasteiger partial charge in [0.15, 0.2) is 0 Å². The van der Waals surface area contributed by atoms with Crippen LogP contribution in [0.2, 0.25) is 0 Å². The fourth-order valence-corrected chi connectivity index (χ4v) is 4.94. The van der Waals surface area contributed by atoms with Crippen LogP contribution in [0.3, 0.4) is 0 Å². The van der Waals surface area contributed by atoms with Gasteiger partial charge in [-0.25, -0.2) is 4.98 Å². The first-order valence-corrected chi connectivity index (χ1v) is 11.2. The van der Waals surface area contributed by atoms with Crippen LogP contribution >= 0.6 is 0 Å². The van der Waals surface area contributed by atoms with Crippen molar-refractivity contribution in [2.24, 2.45) is 5.41 Å². The van der Waals surface area contributed by atoms with Gasteiger partial charge >= 0.3 is 0 Å². The van der Waals surface area contributed by atoms with Crippen molar-refractivity contribution in [1.29, 1.82) is 5.26 Å². The van der Waals surface area contributed by atoms with Crippen molar-refractivity contribution in [2.75, 3.05) is 6.54 Å². The van der Waals surface area contributed by atoms with E-state index in [1.54, 1.807) is 23.2 Å². The van der Waals surface area contributed by atoms with Crippen molar-refractivity contribution in [3.8, 4) is 40.8 Å². The number of amides is 1. The van der Waals surface area contributed by atoms with E-state index in [9.17, 15) is 10.1 Å². The van der Waals surface area contributed by atoms with Crippen LogP contribution in [0, 0.1) is 29.1 Å². The molecule has 1 aliphatic heterocycles. The molecule has 7 heteroatoms. The average Bonchev–Trinajstić information content (AvgIpc) is 3.54. The first-order chi connectivity index (χ1) is 16.0. The van der Waals surface area contributed by atoms with Gasteiger partial charge in [-0.3, -0.25) is 14.5 Å². The maximum Gasteiger partial charge on any atom is 0.256 e. The summed E-state index contributed by atoms with van der Waals surface area (Å²) < 4.78 is 2.00. The second-order valence-electron chi connectivity index (χ2n) is 9.23. The minimum absolute atomic E-state index is 0.132. The standard InChI is InChI=1S/C26H24N6O/c1-3-10-31-16-23-22(25(31)33)11-18(13-28-23)24-21(7-6-20(12-27)30-24)19-14-29-32(15-19)17-26(2)8-4-5-9-26/h1,6-7,11,13-15H,4-5,8-10,16-17H2,2H3. The van der Waals surface area contributed by atoms with Gasteiger partial charge in [0.2, 0.25) is 0 Å². The van der Waals surface area contributed by atoms with Gasteiger partial charge in [-0.1, -0.05) is 25.7 Å². The predicted molar refractivity (Wildman–Crippen MR) is 124 cm³/mol. The SMILES string of the molecule is C#CCN1Cc2ncc(-c3nc(C#N)ccc3-c3cnn(CC4(C)CCCC4)c3)cc2C1=O. The molecule has 1 amide bonds. The quantitative estimate of drug-likeness (QED) is 0.563. The fraction of sp³-hybridized carbons (Fsp3) is 0.346. The number of carbonyl (C=O) groups excluding carboxylic acids is 1. The largest absolute Gasteiger partial charge is 0.322 e. The molecule has 1 saturated carbocycles. The van der Waals surface area contributed by atoms with E-state index in [-0.39, 0.29) is 17.9 Å². The Bertz CT molecular complexity index is 1320. The number of nitrogens with zero attached hydrogens (tertiary/aromatic N) is 6. The molecule has 164 valence electrons. The lowest BCUT2D eigenvalue weighted by molar-refractivity contribution is 0.0798. The molecule has 1 fully saturated rings. The number of fused-ring (bicyclic) bond motifs is 1. The molecule has 0 N–H and O–H groups in total. The molecule has 0 unspecified atom stereocenters. The molecule has 2 aliphatic rings. The molecule has 0 saturated heterocycles. The number of pyridine rings is 2. The Labute approximate surface area is 193 Å². The van der Waals surface area contributed by atoms with Crippen molar-refractivity contribution in [3.63, 3.8) is 0 Å². The second-order valence-corrected chi connectivity index (χ2v) is 9.23. The highest BCUT2D eigenvalue weighted by Gasteiger charge is 2.30. The van der Waals surface area contributed by atoms with Crippen LogP contribution in [0.15, 0.2) is 36.8 Å². The third-order valence-corrected chi connectivity index (χ3v) is 6.69. The molecule has 4 heterocycles. The Morgan fingerprint density at radius 1 is 1.18 bits per heavy atom. The average molecular weight is 437 g/mol. The van der Waals surface area contributed by atoms with Gasteiger partial charge < -0.3 is 4.90 Å². The van der Waals surface area contributed by atoms with Crippen LogP contribution in [0.1, 0.15) is 54.4 Å². The molecule has 33 heavy (non-hydrogen) atoms. The lowest BCUT2D eigenvalue weighted by atomic mass is 9.89. The zero-order chi connectivity index (χ0) is 23.0. The van der Waals surface area contributed by atoms with Crippen LogP contribution in [0.4, 0.5) is 0 Å². The third-order valence-electron chi connectivity index (χ3n) is 6.69. The highest BCUT2D eigenvalue weighted by Crippen LogP contribution is 2.39. The molecule has 0 aromatic carbocycles. The molecule has 0 atom stereocenters. The van der Waals surface area contributed by atoms with Crippen molar-refractivity contribution in [2.45, 2.75) is 45.7 Å². The summed E-state index contributed by atoms with van der Waals surface area (Å²) in [7, 11) is 0. The molecule has 3 aromatic rings. The van der Waals surface area contributed by atoms with E-state index in [1.165, 1.54) is 25.7 Å². The van der Waals surface area contributed by atoms with Crippen molar-refractivity contribution >= 4 is 5.91 Å². The van der Waals surface area contributed by atoms with Crippen molar-refractivity contribution < 1.29 is 4.79 Å². The molecular weight excluding hydrogens is 412 g/mol. The highest BCUT2D eigenvalue weighted by atomic mass is 16.2. The second kappa shape index (κ2) is 8.18. The van der Waals surface area contributed by atoms with E-state index >= 15 is 0 Å². The number of rotatable bonds is 5. The predicted octanol–water partition coefficient (Wildman–Crippen LogP) is 4.05. The topological polar surface area (TPSA) is 87.7 Å². The van der Waals surface area contributed by atoms with Gasteiger partial charge in [0, 0.05) is 35.6 Å². The number of hydrogen-bond donors (Lipinski definition) is 0. The highest BCUT2D eigenvalue weighted by molar-refractivity contribution is 5.99. The van der Waals surface area contributed by atoms with E-state index < -0.39 is 0 Å². The summed E-state index contributed by atoms with van der Waals surface area (Å²) in [4.78, 5) is 23.4. The molecule has 5 rings (SSSR count). The molecule has 3 aromatic heterocycles. The summed E-state index contributed by atoms with van der Waals surface area (Å²) in [5.41, 5.74) is 4.89. The Balaban J connectivity index is 1.52. The maximum absolute atomic E-state index is 12.8. The van der Waals surface area contributed by atoms with Crippen molar-refractivity contribution in [1.82, 2.24) is 24.6 Å². The zero-order valence-electron chi connectivity index (χ0n) is 18.6. The Morgan fingerprint density at radius 2 is 2.00 bits per heavy atom. The number of nitriles is 1. The summed E-state index contributed by atoms with van der Waals surface area (Å²) in [5, 5.41) is 14.0. The maximum atomic E-state index is 12.8. The van der Waals surface area contributed by atoms with Gasteiger partial charge in [0.1, 0.15) is 11.8 Å². The van der Waals surface area contributed by atoms with E-state index in [4.69, 9.17) is 6.42 Å². The van der Waals surface area contributed by atoms with Gasteiger partial charge in [-0.15, -0.1) is 6.42 Å².